The largest absolute Gasteiger partial charge is 0.349 e. The molecule has 0 heterocycles. The molecule has 1 amide bonds. The highest BCUT2D eigenvalue weighted by atomic mass is 16.1. The Morgan fingerprint density at radius 3 is 2.60 bits per heavy atom. The molecule has 2 rings (SSSR count). The Hall–Kier alpha value is -1.35. The van der Waals surface area contributed by atoms with Gasteiger partial charge >= 0.3 is 0 Å². The predicted octanol–water partition coefficient (Wildman–Crippen LogP) is 2.89. The fourth-order valence-corrected chi connectivity index (χ4v) is 2.95. The number of amides is 1. The van der Waals surface area contributed by atoms with Crippen molar-refractivity contribution in [3.8, 4) is 0 Å². The number of nitrogens with two attached hydrogens (primary N) is 1. The van der Waals surface area contributed by atoms with Crippen LogP contribution in [0.5, 0.6) is 0 Å². The Morgan fingerprint density at radius 2 is 1.90 bits per heavy atom. The van der Waals surface area contributed by atoms with Gasteiger partial charge in [0.2, 0.25) is 0 Å². The molecule has 0 aliphatic heterocycles. The fourth-order valence-electron chi connectivity index (χ4n) is 2.95. The topological polar surface area (TPSA) is 55.1 Å². The van der Waals surface area contributed by atoms with Crippen LogP contribution in [0.25, 0.3) is 0 Å². The average molecular weight is 274 g/mol. The third-order valence-electron chi connectivity index (χ3n) is 4.33. The first-order valence-electron chi connectivity index (χ1n) is 7.80. The third-order valence-corrected chi connectivity index (χ3v) is 4.33. The lowest BCUT2D eigenvalue weighted by Crippen LogP contribution is -2.38. The smallest absolute Gasteiger partial charge is 0.251 e. The van der Waals surface area contributed by atoms with Gasteiger partial charge in [0.05, 0.1) is 0 Å². The van der Waals surface area contributed by atoms with Crippen molar-refractivity contribution in [2.24, 2.45) is 11.7 Å². The first kappa shape index (κ1) is 15.0. The molecule has 1 aromatic rings. The molecule has 0 bridgehead atoms. The summed E-state index contributed by atoms with van der Waals surface area (Å²) < 4.78 is 0. The second-order valence-electron chi connectivity index (χ2n) is 5.93. The van der Waals surface area contributed by atoms with Crippen molar-refractivity contribution in [2.45, 2.75) is 51.5 Å². The van der Waals surface area contributed by atoms with E-state index in [9.17, 15) is 4.79 Å². The molecule has 0 saturated heterocycles. The number of nitrogens with one attached hydrogen (secondary N) is 1. The molecule has 3 heteroatoms. The Labute approximate surface area is 121 Å². The molecule has 2 atom stereocenters. The average Bonchev–Trinajstić information content (AvgIpc) is 2.65. The van der Waals surface area contributed by atoms with Gasteiger partial charge in [-0.2, -0.15) is 0 Å². The van der Waals surface area contributed by atoms with Gasteiger partial charge in [-0.3, -0.25) is 4.79 Å². The van der Waals surface area contributed by atoms with E-state index >= 15 is 0 Å². The number of carbonyl (C=O) groups excluding carboxylic acids is 1. The van der Waals surface area contributed by atoms with Crippen molar-refractivity contribution < 1.29 is 4.79 Å². The van der Waals surface area contributed by atoms with E-state index in [4.69, 9.17) is 5.73 Å². The highest BCUT2D eigenvalue weighted by Gasteiger charge is 2.21. The summed E-state index contributed by atoms with van der Waals surface area (Å²) in [6.07, 6.45) is 7.01. The van der Waals surface area contributed by atoms with E-state index in [0.29, 0.717) is 18.5 Å². The van der Waals surface area contributed by atoms with Crippen LogP contribution >= 0.6 is 0 Å². The molecule has 3 nitrogen and oxygen atoms in total. The van der Waals surface area contributed by atoms with E-state index in [0.717, 1.165) is 18.4 Å². The molecule has 2 unspecified atom stereocenters. The minimum atomic E-state index is 0.0584. The van der Waals surface area contributed by atoms with Crippen LogP contribution < -0.4 is 11.1 Å². The minimum absolute atomic E-state index is 0.0584. The molecular formula is C17H26N2O. The SMILES string of the molecule is CC1CCCCCC1NC(=O)c1ccc(CCN)cc1. The van der Waals surface area contributed by atoms with Gasteiger partial charge < -0.3 is 11.1 Å². The van der Waals surface area contributed by atoms with E-state index in [1.54, 1.807) is 0 Å². The molecule has 3 N–H and O–H groups in total. The van der Waals surface area contributed by atoms with Gasteiger partial charge in [0.1, 0.15) is 0 Å². The summed E-state index contributed by atoms with van der Waals surface area (Å²) in [7, 11) is 0. The van der Waals surface area contributed by atoms with Crippen LogP contribution in [0.4, 0.5) is 0 Å². The number of carbonyl (C=O) groups is 1. The van der Waals surface area contributed by atoms with Crippen LogP contribution in [-0.2, 0) is 6.42 Å². The van der Waals surface area contributed by atoms with Crippen molar-refractivity contribution in [3.63, 3.8) is 0 Å². The van der Waals surface area contributed by atoms with Crippen LogP contribution in [0.2, 0.25) is 0 Å². The minimum Gasteiger partial charge on any atom is -0.349 e. The molecule has 0 spiro atoms. The molecule has 1 saturated carbocycles. The lowest BCUT2D eigenvalue weighted by Gasteiger charge is -2.22. The van der Waals surface area contributed by atoms with Gasteiger partial charge in [-0.25, -0.2) is 0 Å². The van der Waals surface area contributed by atoms with E-state index in [-0.39, 0.29) is 5.91 Å². The molecule has 1 fully saturated rings. The second kappa shape index (κ2) is 7.44. The third kappa shape index (κ3) is 4.07. The van der Waals surface area contributed by atoms with Gasteiger partial charge in [-0.15, -0.1) is 0 Å². The number of hydrogen-bond donors (Lipinski definition) is 2. The number of rotatable bonds is 4. The van der Waals surface area contributed by atoms with Gasteiger partial charge in [0, 0.05) is 11.6 Å². The molecule has 1 aliphatic rings. The molecule has 1 aromatic carbocycles. The summed E-state index contributed by atoms with van der Waals surface area (Å²) in [5.74, 6) is 0.640. The van der Waals surface area contributed by atoms with Gasteiger partial charge in [-0.1, -0.05) is 38.3 Å². The Bertz CT molecular complexity index is 427. The summed E-state index contributed by atoms with van der Waals surface area (Å²) in [6, 6.07) is 8.13. The second-order valence-corrected chi connectivity index (χ2v) is 5.93. The first-order chi connectivity index (χ1) is 9.70. The summed E-state index contributed by atoms with van der Waals surface area (Å²) in [6.45, 7) is 2.89. The van der Waals surface area contributed by atoms with Gasteiger partial charge in [0.15, 0.2) is 0 Å². The maximum Gasteiger partial charge on any atom is 0.251 e. The zero-order chi connectivity index (χ0) is 14.4. The number of benzene rings is 1. The predicted molar refractivity (Wildman–Crippen MR) is 82.7 cm³/mol. The fraction of sp³-hybridized carbons (Fsp3) is 0.588. The van der Waals surface area contributed by atoms with Gasteiger partial charge in [-0.05, 0) is 49.4 Å². The molecule has 110 valence electrons. The van der Waals surface area contributed by atoms with E-state index < -0.39 is 0 Å². The highest BCUT2D eigenvalue weighted by molar-refractivity contribution is 5.94. The zero-order valence-electron chi connectivity index (χ0n) is 12.4. The Balaban J connectivity index is 1.96. The maximum atomic E-state index is 12.3. The number of hydrogen-bond acceptors (Lipinski definition) is 2. The summed E-state index contributed by atoms with van der Waals surface area (Å²) in [4.78, 5) is 12.3. The molecule has 1 aliphatic carbocycles. The Kier molecular flexibility index (Phi) is 5.60. The summed E-state index contributed by atoms with van der Waals surface area (Å²) >= 11 is 0. The van der Waals surface area contributed by atoms with Gasteiger partial charge in [0.25, 0.3) is 5.91 Å². The molecule has 0 aromatic heterocycles. The standard InChI is InChI=1S/C17H26N2O/c1-13-5-3-2-4-6-16(13)19-17(20)15-9-7-14(8-10-15)11-12-18/h7-10,13,16H,2-6,11-12,18H2,1H3,(H,19,20). The van der Waals surface area contributed by atoms with Crippen molar-refractivity contribution in [1.29, 1.82) is 0 Å². The lowest BCUT2D eigenvalue weighted by molar-refractivity contribution is 0.0921. The Morgan fingerprint density at radius 1 is 1.20 bits per heavy atom. The van der Waals surface area contributed by atoms with E-state index in [1.807, 2.05) is 24.3 Å². The van der Waals surface area contributed by atoms with Crippen LogP contribution in [0.15, 0.2) is 24.3 Å². The van der Waals surface area contributed by atoms with Crippen LogP contribution in [0.3, 0.4) is 0 Å². The van der Waals surface area contributed by atoms with Crippen LogP contribution in [0, 0.1) is 5.92 Å². The summed E-state index contributed by atoms with van der Waals surface area (Å²) in [5.41, 5.74) is 7.47. The monoisotopic (exact) mass is 274 g/mol. The lowest BCUT2D eigenvalue weighted by atomic mass is 9.96. The van der Waals surface area contributed by atoms with Crippen LogP contribution in [-0.4, -0.2) is 18.5 Å². The van der Waals surface area contributed by atoms with Crippen molar-refractivity contribution in [3.05, 3.63) is 35.4 Å². The van der Waals surface area contributed by atoms with Crippen molar-refractivity contribution in [2.75, 3.05) is 6.54 Å². The zero-order valence-corrected chi connectivity index (χ0v) is 12.4. The maximum absolute atomic E-state index is 12.3. The molecular weight excluding hydrogens is 248 g/mol. The van der Waals surface area contributed by atoms with Crippen molar-refractivity contribution in [1.82, 2.24) is 5.32 Å². The first-order valence-corrected chi connectivity index (χ1v) is 7.80. The highest BCUT2D eigenvalue weighted by Crippen LogP contribution is 2.23. The van der Waals surface area contributed by atoms with E-state index in [1.165, 1.54) is 31.2 Å². The van der Waals surface area contributed by atoms with E-state index in [2.05, 4.69) is 12.2 Å². The molecule has 20 heavy (non-hydrogen) atoms. The quantitative estimate of drug-likeness (QED) is 0.829. The normalized spacial score (nSPS) is 23.1. The van der Waals surface area contributed by atoms with Crippen molar-refractivity contribution >= 4 is 5.91 Å². The summed E-state index contributed by atoms with van der Waals surface area (Å²) in [5, 5.41) is 3.21. The molecule has 0 radical (unpaired) electrons. The van der Waals surface area contributed by atoms with Crippen LogP contribution in [0.1, 0.15) is 54.9 Å².